The second-order valence-electron chi connectivity index (χ2n) is 11.8. The van der Waals surface area contributed by atoms with Crippen LogP contribution in [0.2, 0.25) is 19.6 Å². The van der Waals surface area contributed by atoms with Gasteiger partial charge < -0.3 is 18.6 Å². The fourth-order valence-electron chi connectivity index (χ4n) is 5.41. The van der Waals surface area contributed by atoms with Gasteiger partial charge in [-0.1, -0.05) is 39.0 Å². The lowest BCUT2D eigenvalue weighted by Gasteiger charge is -2.31. The highest BCUT2D eigenvalue weighted by atomic mass is 28.4. The number of aromatic nitrogens is 3. The second kappa shape index (κ2) is 13.8. The summed E-state index contributed by atoms with van der Waals surface area (Å²) in [6.45, 7) is 8.42. The highest BCUT2D eigenvalue weighted by Crippen LogP contribution is 2.42. The number of hydrogen-bond donors (Lipinski definition) is 1. The first-order valence-electron chi connectivity index (χ1n) is 14.7. The summed E-state index contributed by atoms with van der Waals surface area (Å²) in [5, 5.41) is 17.6. The molecule has 1 N–H and O–H groups in total. The van der Waals surface area contributed by atoms with E-state index in [1.807, 2.05) is 33.0 Å². The molecule has 0 unspecified atom stereocenters. The van der Waals surface area contributed by atoms with Crippen LogP contribution in [0.25, 0.3) is 5.52 Å². The molecule has 0 aromatic carbocycles. The molecule has 12 heteroatoms. The molecule has 1 amide bonds. The van der Waals surface area contributed by atoms with E-state index in [9.17, 15) is 14.9 Å². The van der Waals surface area contributed by atoms with Gasteiger partial charge in [-0.25, -0.2) is 14.3 Å². The Morgan fingerprint density at radius 2 is 1.95 bits per heavy atom. The lowest BCUT2D eigenvalue weighted by Crippen LogP contribution is -2.44. The zero-order valence-electron chi connectivity index (χ0n) is 24.6. The Bertz CT molecular complexity index is 1230. The number of fused-ring (bicyclic) bond motifs is 1. The number of amides is 1. The van der Waals surface area contributed by atoms with Gasteiger partial charge in [-0.15, -0.1) is 0 Å². The zero-order valence-corrected chi connectivity index (χ0v) is 25.6. The van der Waals surface area contributed by atoms with Crippen molar-refractivity contribution in [2.75, 3.05) is 18.5 Å². The van der Waals surface area contributed by atoms with Crippen molar-refractivity contribution >= 4 is 31.7 Å². The first-order chi connectivity index (χ1) is 19.6. The Labute approximate surface area is 243 Å². The topological polar surface area (TPSA) is 137 Å². The van der Waals surface area contributed by atoms with Gasteiger partial charge in [0.15, 0.2) is 14.1 Å². The number of rotatable bonds is 11. The van der Waals surface area contributed by atoms with E-state index in [4.69, 9.17) is 18.6 Å². The van der Waals surface area contributed by atoms with Crippen molar-refractivity contribution in [3.63, 3.8) is 0 Å². The summed E-state index contributed by atoms with van der Waals surface area (Å²) in [4.78, 5) is 29.2. The van der Waals surface area contributed by atoms with Crippen LogP contribution >= 0.6 is 0 Å². The SMILES string of the molecule is CCCCOC(=O)Nc1ncnn2c([C@]3(C#N)O[C@@H](COC(=O)CC4CCCCCC4)[CH][C@H]3O[Si](C)(C)C)ccc12. The smallest absolute Gasteiger partial charge is 0.412 e. The van der Waals surface area contributed by atoms with E-state index in [1.54, 1.807) is 12.1 Å². The Morgan fingerprint density at radius 3 is 2.63 bits per heavy atom. The molecule has 3 heterocycles. The molecular formula is C29H42N5O6Si. The maximum Gasteiger partial charge on any atom is 0.412 e. The van der Waals surface area contributed by atoms with Gasteiger partial charge in [0.1, 0.15) is 30.6 Å². The average molecular weight is 585 g/mol. The predicted octanol–water partition coefficient (Wildman–Crippen LogP) is 5.52. The van der Waals surface area contributed by atoms with E-state index in [2.05, 4.69) is 21.5 Å². The molecule has 1 saturated carbocycles. The molecule has 4 rings (SSSR count). The number of nitrogens with zero attached hydrogens (tertiary/aromatic N) is 4. The van der Waals surface area contributed by atoms with Gasteiger partial charge in [0, 0.05) is 12.8 Å². The van der Waals surface area contributed by atoms with E-state index in [1.165, 1.54) is 23.7 Å². The van der Waals surface area contributed by atoms with E-state index in [0.717, 1.165) is 38.5 Å². The quantitative estimate of drug-likeness (QED) is 0.156. The van der Waals surface area contributed by atoms with Gasteiger partial charge in [0.05, 0.1) is 18.4 Å². The van der Waals surface area contributed by atoms with Gasteiger partial charge in [-0.05, 0) is 57.0 Å². The third-order valence-electron chi connectivity index (χ3n) is 7.40. The lowest BCUT2D eigenvalue weighted by atomic mass is 9.94. The van der Waals surface area contributed by atoms with Gasteiger partial charge in [-0.3, -0.25) is 10.1 Å². The average Bonchev–Trinajstić information content (AvgIpc) is 3.40. The summed E-state index contributed by atoms with van der Waals surface area (Å²) in [7, 11) is -2.15. The normalized spacial score (nSPS) is 23.6. The molecule has 2 fully saturated rings. The summed E-state index contributed by atoms with van der Waals surface area (Å²) in [5.74, 6) is 0.362. The van der Waals surface area contributed by atoms with Crippen molar-refractivity contribution in [1.82, 2.24) is 14.6 Å². The minimum absolute atomic E-state index is 0.00472. The number of nitrogens with one attached hydrogen (secondary N) is 1. The number of hydrogen-bond acceptors (Lipinski definition) is 9. The van der Waals surface area contributed by atoms with Crippen LogP contribution in [0.1, 0.15) is 70.4 Å². The molecule has 0 spiro atoms. The maximum absolute atomic E-state index is 12.7. The Kier molecular flexibility index (Phi) is 10.4. The van der Waals surface area contributed by atoms with Crippen LogP contribution < -0.4 is 5.32 Å². The van der Waals surface area contributed by atoms with Crippen molar-refractivity contribution in [1.29, 1.82) is 5.26 Å². The third kappa shape index (κ3) is 7.84. The molecule has 1 aliphatic carbocycles. The molecular weight excluding hydrogens is 542 g/mol. The van der Waals surface area contributed by atoms with Crippen LogP contribution in [-0.2, 0) is 29.0 Å². The van der Waals surface area contributed by atoms with E-state index >= 15 is 0 Å². The predicted molar refractivity (Wildman–Crippen MR) is 154 cm³/mol. The van der Waals surface area contributed by atoms with Gasteiger partial charge in [-0.2, -0.15) is 10.4 Å². The third-order valence-corrected chi connectivity index (χ3v) is 8.36. The van der Waals surface area contributed by atoms with E-state index in [-0.39, 0.29) is 18.4 Å². The van der Waals surface area contributed by atoms with Gasteiger partial charge >= 0.3 is 12.1 Å². The van der Waals surface area contributed by atoms with Crippen LogP contribution in [0.5, 0.6) is 0 Å². The first kappa shape index (κ1) is 30.9. The highest BCUT2D eigenvalue weighted by molar-refractivity contribution is 6.69. The van der Waals surface area contributed by atoms with Crippen LogP contribution in [-0.4, -0.2) is 60.4 Å². The number of anilines is 1. The number of carbonyl (C=O) groups excluding carboxylic acids is 2. The summed E-state index contributed by atoms with van der Waals surface area (Å²) < 4.78 is 25.2. The maximum atomic E-state index is 12.7. The summed E-state index contributed by atoms with van der Waals surface area (Å²) in [6.07, 6.45) is 10.1. The number of esters is 1. The number of unbranched alkanes of at least 4 members (excludes halogenated alkanes) is 1. The largest absolute Gasteiger partial charge is 0.463 e. The molecule has 1 radical (unpaired) electrons. The Hall–Kier alpha value is -3.01. The van der Waals surface area contributed by atoms with Crippen molar-refractivity contribution < 1.29 is 28.2 Å². The number of nitriles is 1. The summed E-state index contributed by atoms with van der Waals surface area (Å²) >= 11 is 0. The molecule has 2 aromatic rings. The Morgan fingerprint density at radius 1 is 1.20 bits per heavy atom. The minimum atomic E-state index is -2.15. The molecule has 2 aliphatic rings. The second-order valence-corrected chi connectivity index (χ2v) is 16.3. The van der Waals surface area contributed by atoms with E-state index < -0.39 is 32.2 Å². The van der Waals surface area contributed by atoms with Crippen LogP contribution in [0.3, 0.4) is 0 Å². The molecule has 41 heavy (non-hydrogen) atoms. The number of carbonyl (C=O) groups is 2. The zero-order chi connectivity index (χ0) is 29.5. The molecule has 11 nitrogen and oxygen atoms in total. The fourth-order valence-corrected chi connectivity index (χ4v) is 6.42. The minimum Gasteiger partial charge on any atom is -0.463 e. The lowest BCUT2D eigenvalue weighted by molar-refractivity contribution is -0.150. The summed E-state index contributed by atoms with van der Waals surface area (Å²) in [5.41, 5.74) is -0.664. The van der Waals surface area contributed by atoms with Crippen molar-refractivity contribution in [2.45, 2.75) is 102 Å². The molecule has 3 atom stereocenters. The molecule has 1 aliphatic heterocycles. The van der Waals surface area contributed by atoms with Crippen molar-refractivity contribution in [3.05, 3.63) is 30.6 Å². The van der Waals surface area contributed by atoms with Crippen LogP contribution in [0.4, 0.5) is 10.6 Å². The highest BCUT2D eigenvalue weighted by Gasteiger charge is 2.55. The Balaban J connectivity index is 1.53. The van der Waals surface area contributed by atoms with E-state index in [0.29, 0.717) is 30.2 Å². The molecule has 2 aromatic heterocycles. The molecule has 1 saturated heterocycles. The van der Waals surface area contributed by atoms with Crippen LogP contribution in [0.15, 0.2) is 18.5 Å². The van der Waals surface area contributed by atoms with Gasteiger partial charge in [0.2, 0.25) is 5.60 Å². The standard InChI is InChI=1S/C29H42N5O6Si/c1-5-6-15-37-28(36)33-27-23-13-14-24(34(23)32-20-31-27)29(19-30)25(40-41(2,3)4)17-22(39-29)18-38-26(35)16-21-11-9-7-8-10-12-21/h13-14,17,20-22,25H,5-12,15-16,18H2,1-4H3,(H,31,32,33,36)/t22-,25-,29+/m1/s1. The monoisotopic (exact) mass is 584 g/mol. The number of ether oxygens (including phenoxy) is 3. The van der Waals surface area contributed by atoms with Gasteiger partial charge in [0.25, 0.3) is 0 Å². The fraction of sp³-hybridized carbons (Fsp3) is 0.655. The molecule has 223 valence electrons. The van der Waals surface area contributed by atoms with Crippen LogP contribution in [0, 0.1) is 23.7 Å². The van der Waals surface area contributed by atoms with Crippen molar-refractivity contribution in [3.8, 4) is 6.07 Å². The van der Waals surface area contributed by atoms with Crippen molar-refractivity contribution in [2.24, 2.45) is 5.92 Å². The summed E-state index contributed by atoms with van der Waals surface area (Å²) in [6, 6.07) is 5.77. The molecule has 0 bridgehead atoms. The first-order valence-corrected chi connectivity index (χ1v) is 18.1.